The second-order valence-corrected chi connectivity index (χ2v) is 4.60. The van der Waals surface area contributed by atoms with Gasteiger partial charge in [-0.3, -0.25) is 5.41 Å². The van der Waals surface area contributed by atoms with E-state index in [1.165, 1.54) is 6.20 Å². The standard InChI is InChI=1S/C13H14ClN5/c1-19(8-9-3-2-4-10(14)7-9)13-11(12(15)16)5-6-17-18-13/h2-7H,8H2,1H3,(H3,15,16). The Bertz CT molecular complexity index is 599. The van der Waals surface area contributed by atoms with Gasteiger partial charge in [-0.15, -0.1) is 5.10 Å². The molecule has 0 aliphatic heterocycles. The van der Waals surface area contributed by atoms with Crippen molar-refractivity contribution in [1.82, 2.24) is 10.2 Å². The van der Waals surface area contributed by atoms with Crippen LogP contribution < -0.4 is 10.6 Å². The molecule has 6 heteroatoms. The van der Waals surface area contributed by atoms with Crippen LogP contribution in [-0.2, 0) is 6.54 Å². The molecular formula is C13H14ClN5. The fourth-order valence-electron chi connectivity index (χ4n) is 1.80. The highest BCUT2D eigenvalue weighted by atomic mass is 35.5. The molecule has 0 atom stereocenters. The van der Waals surface area contributed by atoms with Gasteiger partial charge in [0.25, 0.3) is 0 Å². The first-order chi connectivity index (χ1) is 9.08. The van der Waals surface area contributed by atoms with Crippen LogP contribution in [0.4, 0.5) is 5.82 Å². The number of anilines is 1. The van der Waals surface area contributed by atoms with E-state index >= 15 is 0 Å². The van der Waals surface area contributed by atoms with Gasteiger partial charge in [-0.25, -0.2) is 0 Å². The lowest BCUT2D eigenvalue weighted by Crippen LogP contribution is -2.23. The van der Waals surface area contributed by atoms with Crippen LogP contribution in [-0.4, -0.2) is 23.1 Å². The van der Waals surface area contributed by atoms with Crippen LogP contribution in [0.15, 0.2) is 36.5 Å². The van der Waals surface area contributed by atoms with Gasteiger partial charge in [0.2, 0.25) is 0 Å². The number of benzene rings is 1. The van der Waals surface area contributed by atoms with E-state index in [2.05, 4.69) is 10.2 Å². The van der Waals surface area contributed by atoms with E-state index in [4.69, 9.17) is 22.7 Å². The van der Waals surface area contributed by atoms with Crippen molar-refractivity contribution in [2.24, 2.45) is 5.73 Å². The average Bonchev–Trinajstić information content (AvgIpc) is 2.38. The second kappa shape index (κ2) is 5.67. The maximum absolute atomic E-state index is 7.55. The molecule has 0 spiro atoms. The predicted molar refractivity (Wildman–Crippen MR) is 76.6 cm³/mol. The molecule has 98 valence electrons. The summed E-state index contributed by atoms with van der Waals surface area (Å²) in [6, 6.07) is 9.27. The summed E-state index contributed by atoms with van der Waals surface area (Å²) in [6.45, 7) is 0.611. The van der Waals surface area contributed by atoms with Gasteiger partial charge in [-0.1, -0.05) is 23.7 Å². The van der Waals surface area contributed by atoms with Crippen molar-refractivity contribution in [3.05, 3.63) is 52.7 Å². The van der Waals surface area contributed by atoms with Gasteiger partial charge in [-0.05, 0) is 23.8 Å². The Morgan fingerprint density at radius 3 is 2.89 bits per heavy atom. The highest BCUT2D eigenvalue weighted by Gasteiger charge is 2.12. The summed E-state index contributed by atoms with van der Waals surface area (Å²) >= 11 is 5.96. The van der Waals surface area contributed by atoms with Gasteiger partial charge in [0.05, 0.1) is 11.8 Å². The van der Waals surface area contributed by atoms with Crippen LogP contribution in [0, 0.1) is 5.41 Å². The highest BCUT2D eigenvalue weighted by molar-refractivity contribution is 6.30. The van der Waals surface area contributed by atoms with Crippen molar-refractivity contribution in [2.75, 3.05) is 11.9 Å². The molecule has 0 radical (unpaired) electrons. The summed E-state index contributed by atoms with van der Waals surface area (Å²) < 4.78 is 0. The molecule has 1 aromatic heterocycles. The third kappa shape index (κ3) is 3.20. The zero-order valence-corrected chi connectivity index (χ0v) is 11.2. The molecule has 0 aliphatic carbocycles. The molecule has 0 saturated heterocycles. The number of halogens is 1. The number of nitrogens with zero attached hydrogens (tertiary/aromatic N) is 3. The molecule has 3 N–H and O–H groups in total. The quantitative estimate of drug-likeness (QED) is 0.661. The molecule has 2 rings (SSSR count). The number of amidine groups is 1. The van der Waals surface area contributed by atoms with Crippen molar-refractivity contribution in [3.8, 4) is 0 Å². The number of hydrogen-bond donors (Lipinski definition) is 2. The van der Waals surface area contributed by atoms with E-state index in [0.29, 0.717) is 22.9 Å². The number of hydrogen-bond acceptors (Lipinski definition) is 4. The first-order valence-electron chi connectivity index (χ1n) is 5.69. The molecule has 0 saturated carbocycles. The van der Waals surface area contributed by atoms with Crippen molar-refractivity contribution >= 4 is 23.3 Å². The van der Waals surface area contributed by atoms with Gasteiger partial charge in [0.1, 0.15) is 5.84 Å². The summed E-state index contributed by atoms with van der Waals surface area (Å²) in [5, 5.41) is 16.1. The largest absolute Gasteiger partial charge is 0.384 e. The first kappa shape index (κ1) is 13.3. The molecule has 1 aromatic carbocycles. The third-order valence-electron chi connectivity index (χ3n) is 2.66. The SMILES string of the molecule is CN(Cc1cccc(Cl)c1)c1nnccc1C(=N)N. The molecule has 0 bridgehead atoms. The Hall–Kier alpha value is -2.14. The van der Waals surface area contributed by atoms with Gasteiger partial charge >= 0.3 is 0 Å². The lowest BCUT2D eigenvalue weighted by Gasteiger charge is -2.20. The summed E-state index contributed by atoms with van der Waals surface area (Å²) in [7, 11) is 1.87. The number of nitrogen functional groups attached to an aromatic ring is 1. The minimum atomic E-state index is -0.0251. The monoisotopic (exact) mass is 275 g/mol. The van der Waals surface area contributed by atoms with Gasteiger partial charge in [0.15, 0.2) is 5.82 Å². The van der Waals surface area contributed by atoms with Crippen LogP contribution in [0.1, 0.15) is 11.1 Å². The van der Waals surface area contributed by atoms with Crippen LogP contribution >= 0.6 is 11.6 Å². The topological polar surface area (TPSA) is 78.9 Å². The van der Waals surface area contributed by atoms with Gasteiger partial charge in [-0.2, -0.15) is 5.10 Å². The fourth-order valence-corrected chi connectivity index (χ4v) is 2.01. The van der Waals surface area contributed by atoms with Crippen LogP contribution in [0.25, 0.3) is 0 Å². The molecule has 19 heavy (non-hydrogen) atoms. The number of nitrogens with one attached hydrogen (secondary N) is 1. The molecule has 5 nitrogen and oxygen atoms in total. The third-order valence-corrected chi connectivity index (χ3v) is 2.90. The smallest absolute Gasteiger partial charge is 0.162 e. The maximum Gasteiger partial charge on any atom is 0.162 e. The Kier molecular flexibility index (Phi) is 3.97. The fraction of sp³-hybridized carbons (Fsp3) is 0.154. The molecular weight excluding hydrogens is 262 g/mol. The second-order valence-electron chi connectivity index (χ2n) is 4.17. The molecule has 1 heterocycles. The Morgan fingerprint density at radius 1 is 1.42 bits per heavy atom. The molecule has 0 aliphatic rings. The lowest BCUT2D eigenvalue weighted by atomic mass is 10.2. The van der Waals surface area contributed by atoms with E-state index in [1.54, 1.807) is 6.07 Å². The predicted octanol–water partition coefficient (Wildman–Crippen LogP) is 2.05. The Labute approximate surface area is 116 Å². The minimum Gasteiger partial charge on any atom is -0.384 e. The van der Waals surface area contributed by atoms with Crippen LogP contribution in [0.2, 0.25) is 5.02 Å². The van der Waals surface area contributed by atoms with E-state index in [-0.39, 0.29) is 5.84 Å². The molecule has 2 aromatic rings. The van der Waals surface area contributed by atoms with E-state index < -0.39 is 0 Å². The molecule has 0 fully saturated rings. The summed E-state index contributed by atoms with van der Waals surface area (Å²) in [4.78, 5) is 1.88. The van der Waals surface area contributed by atoms with Crippen LogP contribution in [0.3, 0.4) is 0 Å². The number of aromatic nitrogens is 2. The first-order valence-corrected chi connectivity index (χ1v) is 6.07. The highest BCUT2D eigenvalue weighted by Crippen LogP contribution is 2.18. The number of nitrogens with two attached hydrogens (primary N) is 1. The van der Waals surface area contributed by atoms with E-state index in [1.807, 2.05) is 36.2 Å². The van der Waals surface area contributed by atoms with Gasteiger partial charge in [0, 0.05) is 18.6 Å². The van der Waals surface area contributed by atoms with Crippen molar-refractivity contribution in [2.45, 2.75) is 6.54 Å². The van der Waals surface area contributed by atoms with Crippen molar-refractivity contribution < 1.29 is 0 Å². The van der Waals surface area contributed by atoms with Crippen molar-refractivity contribution in [1.29, 1.82) is 5.41 Å². The Balaban J connectivity index is 2.25. The minimum absolute atomic E-state index is 0.0251. The Morgan fingerprint density at radius 2 is 2.21 bits per heavy atom. The van der Waals surface area contributed by atoms with E-state index in [0.717, 1.165) is 5.56 Å². The average molecular weight is 276 g/mol. The zero-order valence-electron chi connectivity index (χ0n) is 10.5. The zero-order chi connectivity index (χ0) is 13.8. The maximum atomic E-state index is 7.55. The summed E-state index contributed by atoms with van der Waals surface area (Å²) in [5.74, 6) is 0.554. The van der Waals surface area contributed by atoms with Crippen LogP contribution in [0.5, 0.6) is 0 Å². The van der Waals surface area contributed by atoms with E-state index in [9.17, 15) is 0 Å². The lowest BCUT2D eigenvalue weighted by molar-refractivity contribution is 0.863. The summed E-state index contributed by atoms with van der Waals surface area (Å²) in [6.07, 6.45) is 1.52. The van der Waals surface area contributed by atoms with Crippen molar-refractivity contribution in [3.63, 3.8) is 0 Å². The molecule has 0 unspecified atom stereocenters. The van der Waals surface area contributed by atoms with Gasteiger partial charge < -0.3 is 10.6 Å². The normalized spacial score (nSPS) is 10.2. The molecule has 0 amide bonds. The number of rotatable bonds is 4. The summed E-state index contributed by atoms with van der Waals surface area (Å²) in [5.41, 5.74) is 7.16.